The standard InChI is InChI=1S/C14H23N3O3S/c1-6-17(11(3)18)14-15-12(9-21-14)8-16(4)7-10(2)13(19)20-5/h9-10H,6-8H2,1-5H3/t10-/m1/s1. The molecule has 0 aliphatic heterocycles. The topological polar surface area (TPSA) is 62.7 Å². The van der Waals surface area contributed by atoms with E-state index in [9.17, 15) is 9.59 Å². The van der Waals surface area contributed by atoms with Crippen LogP contribution in [0.4, 0.5) is 5.13 Å². The molecule has 0 aliphatic rings. The lowest BCUT2D eigenvalue weighted by molar-refractivity contribution is -0.145. The molecule has 1 amide bonds. The molecule has 1 atom stereocenters. The summed E-state index contributed by atoms with van der Waals surface area (Å²) in [6.07, 6.45) is 0. The van der Waals surface area contributed by atoms with E-state index in [1.807, 2.05) is 31.2 Å². The number of ether oxygens (including phenoxy) is 1. The summed E-state index contributed by atoms with van der Waals surface area (Å²) in [6, 6.07) is 0. The van der Waals surface area contributed by atoms with Gasteiger partial charge in [-0.05, 0) is 14.0 Å². The molecule has 0 saturated heterocycles. The summed E-state index contributed by atoms with van der Waals surface area (Å²) in [4.78, 5) is 31.0. The Morgan fingerprint density at radius 1 is 1.48 bits per heavy atom. The van der Waals surface area contributed by atoms with Crippen molar-refractivity contribution in [2.24, 2.45) is 5.92 Å². The van der Waals surface area contributed by atoms with E-state index in [4.69, 9.17) is 4.74 Å². The quantitative estimate of drug-likeness (QED) is 0.718. The van der Waals surface area contributed by atoms with Gasteiger partial charge in [0.05, 0.1) is 18.7 Å². The Balaban J connectivity index is 2.62. The second kappa shape index (κ2) is 8.09. The number of methoxy groups -OCH3 is 1. The minimum Gasteiger partial charge on any atom is -0.469 e. The molecule has 0 aromatic carbocycles. The third kappa shape index (κ3) is 5.09. The molecule has 0 spiro atoms. The van der Waals surface area contributed by atoms with Gasteiger partial charge in [0.1, 0.15) is 0 Å². The van der Waals surface area contributed by atoms with Gasteiger partial charge in [-0.1, -0.05) is 6.92 Å². The predicted octanol–water partition coefficient (Wildman–Crippen LogP) is 1.76. The smallest absolute Gasteiger partial charge is 0.309 e. The monoisotopic (exact) mass is 313 g/mol. The van der Waals surface area contributed by atoms with Crippen LogP contribution in [-0.2, 0) is 20.9 Å². The number of carbonyl (C=O) groups excluding carboxylic acids is 2. The van der Waals surface area contributed by atoms with Crippen molar-refractivity contribution in [1.29, 1.82) is 0 Å². The molecule has 0 bridgehead atoms. The fraction of sp³-hybridized carbons (Fsp3) is 0.643. The predicted molar refractivity (Wildman–Crippen MR) is 83.3 cm³/mol. The van der Waals surface area contributed by atoms with Crippen LogP contribution in [0.1, 0.15) is 26.5 Å². The number of carbonyl (C=O) groups is 2. The van der Waals surface area contributed by atoms with Crippen molar-refractivity contribution in [3.63, 3.8) is 0 Å². The van der Waals surface area contributed by atoms with Gasteiger partial charge in [-0.2, -0.15) is 0 Å². The van der Waals surface area contributed by atoms with Crippen molar-refractivity contribution in [2.75, 3.05) is 32.1 Å². The molecule has 21 heavy (non-hydrogen) atoms. The summed E-state index contributed by atoms with van der Waals surface area (Å²) in [5.74, 6) is -0.400. The lowest BCUT2D eigenvalue weighted by Gasteiger charge is -2.19. The molecule has 0 radical (unpaired) electrons. The Hall–Kier alpha value is -1.47. The van der Waals surface area contributed by atoms with Crippen molar-refractivity contribution in [3.8, 4) is 0 Å². The molecule has 118 valence electrons. The third-order valence-electron chi connectivity index (χ3n) is 3.09. The van der Waals surface area contributed by atoms with Crippen LogP contribution in [0.5, 0.6) is 0 Å². The zero-order valence-corrected chi connectivity index (χ0v) is 14.1. The maximum absolute atomic E-state index is 11.5. The van der Waals surface area contributed by atoms with Crippen LogP contribution in [0, 0.1) is 5.92 Å². The van der Waals surface area contributed by atoms with E-state index in [1.165, 1.54) is 25.4 Å². The van der Waals surface area contributed by atoms with Crippen LogP contribution >= 0.6 is 11.3 Å². The fourth-order valence-corrected chi connectivity index (χ4v) is 2.99. The summed E-state index contributed by atoms with van der Waals surface area (Å²) in [5, 5.41) is 2.66. The highest BCUT2D eigenvalue weighted by molar-refractivity contribution is 7.14. The average molecular weight is 313 g/mol. The van der Waals surface area contributed by atoms with Crippen molar-refractivity contribution >= 4 is 28.3 Å². The van der Waals surface area contributed by atoms with Gasteiger partial charge in [-0.3, -0.25) is 19.4 Å². The van der Waals surface area contributed by atoms with Crippen LogP contribution < -0.4 is 4.90 Å². The summed E-state index contributed by atoms with van der Waals surface area (Å²) in [5.41, 5.74) is 0.897. The molecule has 1 aromatic rings. The van der Waals surface area contributed by atoms with Gasteiger partial charge in [0.15, 0.2) is 5.13 Å². The molecule has 0 fully saturated rings. The summed E-state index contributed by atoms with van der Waals surface area (Å²) < 4.78 is 4.72. The van der Waals surface area contributed by atoms with E-state index in [0.717, 1.165) is 10.8 Å². The summed E-state index contributed by atoms with van der Waals surface area (Å²) in [6.45, 7) is 7.14. The number of thiazole rings is 1. The number of esters is 1. The van der Waals surface area contributed by atoms with Crippen molar-refractivity contribution in [2.45, 2.75) is 27.3 Å². The van der Waals surface area contributed by atoms with Crippen LogP contribution in [0.2, 0.25) is 0 Å². The number of hydrogen-bond donors (Lipinski definition) is 0. The van der Waals surface area contributed by atoms with Crippen LogP contribution in [0.3, 0.4) is 0 Å². The van der Waals surface area contributed by atoms with Gasteiger partial charge in [0, 0.05) is 31.9 Å². The normalized spacial score (nSPS) is 12.3. The van der Waals surface area contributed by atoms with Crippen molar-refractivity contribution in [1.82, 2.24) is 9.88 Å². The maximum atomic E-state index is 11.5. The molecule has 0 unspecified atom stereocenters. The van der Waals surface area contributed by atoms with Gasteiger partial charge in [0.2, 0.25) is 5.91 Å². The van der Waals surface area contributed by atoms with E-state index in [0.29, 0.717) is 19.6 Å². The molecule has 0 aliphatic carbocycles. The molecular formula is C14H23N3O3S. The first-order valence-electron chi connectivity index (χ1n) is 6.87. The second-order valence-electron chi connectivity index (χ2n) is 5.01. The zero-order chi connectivity index (χ0) is 16.0. The first kappa shape index (κ1) is 17.6. The van der Waals surface area contributed by atoms with E-state index < -0.39 is 0 Å². The highest BCUT2D eigenvalue weighted by Gasteiger charge is 2.17. The molecule has 1 aromatic heterocycles. The number of aromatic nitrogens is 1. The molecule has 1 heterocycles. The Morgan fingerprint density at radius 3 is 2.67 bits per heavy atom. The van der Waals surface area contributed by atoms with Crippen molar-refractivity contribution < 1.29 is 14.3 Å². The third-order valence-corrected chi connectivity index (χ3v) is 4.00. The Labute approximate surface area is 129 Å². The number of anilines is 1. The van der Waals surface area contributed by atoms with E-state index in [2.05, 4.69) is 4.98 Å². The van der Waals surface area contributed by atoms with Crippen molar-refractivity contribution in [3.05, 3.63) is 11.1 Å². The first-order valence-corrected chi connectivity index (χ1v) is 7.75. The SMILES string of the molecule is CCN(C(C)=O)c1nc(CN(C)C[C@@H](C)C(=O)OC)cs1. The summed E-state index contributed by atoms with van der Waals surface area (Å²) >= 11 is 1.46. The Morgan fingerprint density at radius 2 is 2.14 bits per heavy atom. The lowest BCUT2D eigenvalue weighted by atomic mass is 10.2. The van der Waals surface area contributed by atoms with Gasteiger partial charge < -0.3 is 4.74 Å². The highest BCUT2D eigenvalue weighted by atomic mass is 32.1. The minimum absolute atomic E-state index is 0.00827. The average Bonchev–Trinajstić information content (AvgIpc) is 2.85. The van der Waals surface area contributed by atoms with Gasteiger partial charge in [-0.15, -0.1) is 11.3 Å². The largest absolute Gasteiger partial charge is 0.469 e. The maximum Gasteiger partial charge on any atom is 0.309 e. The van der Waals surface area contributed by atoms with Gasteiger partial charge in [-0.25, -0.2) is 4.98 Å². The molecule has 7 heteroatoms. The highest BCUT2D eigenvalue weighted by Crippen LogP contribution is 2.21. The fourth-order valence-electron chi connectivity index (χ4n) is 2.07. The lowest BCUT2D eigenvalue weighted by Crippen LogP contribution is -2.29. The van der Waals surface area contributed by atoms with Crippen LogP contribution in [0.15, 0.2) is 5.38 Å². The van der Waals surface area contributed by atoms with Crippen LogP contribution in [0.25, 0.3) is 0 Å². The minimum atomic E-state index is -0.213. The number of amides is 1. The van der Waals surface area contributed by atoms with E-state index in [-0.39, 0.29) is 17.8 Å². The van der Waals surface area contributed by atoms with E-state index >= 15 is 0 Å². The number of nitrogens with zero attached hydrogens (tertiary/aromatic N) is 3. The Bertz CT molecular complexity index is 490. The Kier molecular flexibility index (Phi) is 6.77. The van der Waals surface area contributed by atoms with E-state index in [1.54, 1.807) is 4.90 Å². The second-order valence-corrected chi connectivity index (χ2v) is 5.84. The van der Waals surface area contributed by atoms with Gasteiger partial charge >= 0.3 is 5.97 Å². The number of hydrogen-bond acceptors (Lipinski definition) is 6. The molecule has 1 rings (SSSR count). The summed E-state index contributed by atoms with van der Waals surface area (Å²) in [7, 11) is 3.33. The molecular weight excluding hydrogens is 290 g/mol. The molecule has 0 N–H and O–H groups in total. The number of rotatable bonds is 7. The molecule has 6 nitrogen and oxygen atoms in total. The zero-order valence-electron chi connectivity index (χ0n) is 13.3. The van der Waals surface area contributed by atoms with Gasteiger partial charge in [0.25, 0.3) is 0 Å². The first-order chi connectivity index (χ1) is 9.88. The van der Waals surface area contributed by atoms with Crippen LogP contribution in [-0.4, -0.2) is 49.0 Å². The molecule has 0 saturated carbocycles.